The minimum absolute atomic E-state index is 0.00139. The SMILES string of the molecule is COc1cccc(Oc2ccccc2/C(N)=N/O)c1. The van der Waals surface area contributed by atoms with Crippen molar-refractivity contribution in [3.8, 4) is 17.2 Å². The Morgan fingerprint density at radius 1 is 1.11 bits per heavy atom. The van der Waals surface area contributed by atoms with E-state index in [1.165, 1.54) is 0 Å². The Kier molecular flexibility index (Phi) is 3.87. The zero-order valence-corrected chi connectivity index (χ0v) is 10.4. The lowest BCUT2D eigenvalue weighted by atomic mass is 10.2. The molecule has 0 radical (unpaired) electrons. The minimum Gasteiger partial charge on any atom is -0.497 e. The number of rotatable bonds is 4. The van der Waals surface area contributed by atoms with Gasteiger partial charge in [-0.3, -0.25) is 0 Å². The summed E-state index contributed by atoms with van der Waals surface area (Å²) in [5, 5.41) is 11.7. The number of nitrogens with two attached hydrogens (primary N) is 1. The van der Waals surface area contributed by atoms with Crippen molar-refractivity contribution in [2.75, 3.05) is 7.11 Å². The first-order valence-corrected chi connectivity index (χ1v) is 5.63. The van der Waals surface area contributed by atoms with Gasteiger partial charge in [-0.1, -0.05) is 23.4 Å². The van der Waals surface area contributed by atoms with Crippen molar-refractivity contribution in [2.45, 2.75) is 0 Å². The van der Waals surface area contributed by atoms with Crippen LogP contribution < -0.4 is 15.2 Å². The second kappa shape index (κ2) is 5.77. The molecule has 2 aromatic carbocycles. The Labute approximate surface area is 110 Å². The number of oxime groups is 1. The maximum atomic E-state index is 8.75. The van der Waals surface area contributed by atoms with E-state index in [4.69, 9.17) is 20.4 Å². The number of hydrogen-bond acceptors (Lipinski definition) is 4. The van der Waals surface area contributed by atoms with Crippen molar-refractivity contribution in [1.82, 2.24) is 0 Å². The van der Waals surface area contributed by atoms with E-state index in [1.54, 1.807) is 37.4 Å². The number of benzene rings is 2. The van der Waals surface area contributed by atoms with Crippen molar-refractivity contribution in [2.24, 2.45) is 10.9 Å². The maximum Gasteiger partial charge on any atom is 0.173 e. The number of methoxy groups -OCH3 is 1. The zero-order valence-electron chi connectivity index (χ0n) is 10.4. The fourth-order valence-electron chi connectivity index (χ4n) is 1.61. The summed E-state index contributed by atoms with van der Waals surface area (Å²) >= 11 is 0. The average molecular weight is 258 g/mol. The summed E-state index contributed by atoms with van der Waals surface area (Å²) in [6.45, 7) is 0. The topological polar surface area (TPSA) is 77.1 Å². The van der Waals surface area contributed by atoms with E-state index in [0.29, 0.717) is 22.8 Å². The summed E-state index contributed by atoms with van der Waals surface area (Å²) in [7, 11) is 1.59. The van der Waals surface area contributed by atoms with Gasteiger partial charge in [0.1, 0.15) is 17.2 Å². The maximum absolute atomic E-state index is 8.75. The molecule has 0 bridgehead atoms. The van der Waals surface area contributed by atoms with E-state index in [-0.39, 0.29) is 5.84 Å². The lowest BCUT2D eigenvalue weighted by Gasteiger charge is -2.10. The van der Waals surface area contributed by atoms with Crippen molar-refractivity contribution in [3.05, 3.63) is 54.1 Å². The molecule has 2 aromatic rings. The monoisotopic (exact) mass is 258 g/mol. The third-order valence-electron chi connectivity index (χ3n) is 2.54. The van der Waals surface area contributed by atoms with E-state index < -0.39 is 0 Å². The highest BCUT2D eigenvalue weighted by molar-refractivity contribution is 5.99. The van der Waals surface area contributed by atoms with Gasteiger partial charge in [0.25, 0.3) is 0 Å². The van der Waals surface area contributed by atoms with Crippen molar-refractivity contribution in [3.63, 3.8) is 0 Å². The predicted octanol–water partition coefficient (Wildman–Crippen LogP) is 2.58. The molecule has 98 valence electrons. The molecule has 0 atom stereocenters. The first-order chi connectivity index (χ1) is 9.24. The number of amidine groups is 1. The fraction of sp³-hybridized carbons (Fsp3) is 0.0714. The third kappa shape index (κ3) is 2.95. The van der Waals surface area contributed by atoms with Crippen LogP contribution in [0, 0.1) is 0 Å². The lowest BCUT2D eigenvalue weighted by Crippen LogP contribution is -2.14. The van der Waals surface area contributed by atoms with Crippen LogP contribution in [0.2, 0.25) is 0 Å². The lowest BCUT2D eigenvalue weighted by molar-refractivity contribution is 0.318. The first-order valence-electron chi connectivity index (χ1n) is 5.63. The molecule has 0 aromatic heterocycles. The molecular weight excluding hydrogens is 244 g/mol. The molecule has 0 aliphatic rings. The van der Waals surface area contributed by atoms with Crippen LogP contribution in [0.15, 0.2) is 53.7 Å². The van der Waals surface area contributed by atoms with Crippen molar-refractivity contribution >= 4 is 5.84 Å². The molecule has 5 heteroatoms. The van der Waals surface area contributed by atoms with Gasteiger partial charge in [-0.15, -0.1) is 0 Å². The predicted molar refractivity (Wildman–Crippen MR) is 72.0 cm³/mol. The van der Waals surface area contributed by atoms with Gasteiger partial charge in [-0.25, -0.2) is 0 Å². The van der Waals surface area contributed by atoms with Gasteiger partial charge >= 0.3 is 0 Å². The van der Waals surface area contributed by atoms with Crippen LogP contribution >= 0.6 is 0 Å². The number of hydrogen-bond donors (Lipinski definition) is 2. The van der Waals surface area contributed by atoms with Gasteiger partial charge in [-0.2, -0.15) is 0 Å². The molecule has 0 aliphatic heterocycles. The third-order valence-corrected chi connectivity index (χ3v) is 2.54. The van der Waals surface area contributed by atoms with Gasteiger partial charge in [0.2, 0.25) is 0 Å². The van der Waals surface area contributed by atoms with Crippen molar-refractivity contribution in [1.29, 1.82) is 0 Å². The van der Waals surface area contributed by atoms with Crippen LogP contribution in [0.5, 0.6) is 17.2 Å². The summed E-state index contributed by atoms with van der Waals surface area (Å²) in [5.41, 5.74) is 6.12. The van der Waals surface area contributed by atoms with Crippen LogP contribution in [0.25, 0.3) is 0 Å². The highest BCUT2D eigenvalue weighted by Crippen LogP contribution is 2.27. The quantitative estimate of drug-likeness (QED) is 0.382. The van der Waals surface area contributed by atoms with Crippen LogP contribution in [-0.2, 0) is 0 Å². The summed E-state index contributed by atoms with van der Waals surface area (Å²) in [6.07, 6.45) is 0. The highest BCUT2D eigenvalue weighted by atomic mass is 16.5. The Morgan fingerprint density at radius 2 is 1.84 bits per heavy atom. The Hall–Kier alpha value is -2.69. The second-order valence-corrected chi connectivity index (χ2v) is 3.76. The van der Waals surface area contributed by atoms with E-state index in [9.17, 15) is 0 Å². The Morgan fingerprint density at radius 3 is 2.58 bits per heavy atom. The van der Waals surface area contributed by atoms with Gasteiger partial charge in [0.15, 0.2) is 5.84 Å². The summed E-state index contributed by atoms with van der Waals surface area (Å²) in [6, 6.07) is 14.2. The molecule has 19 heavy (non-hydrogen) atoms. The Balaban J connectivity index is 2.33. The summed E-state index contributed by atoms with van der Waals surface area (Å²) in [4.78, 5) is 0. The molecule has 0 fully saturated rings. The number of ether oxygens (including phenoxy) is 2. The van der Waals surface area contributed by atoms with Gasteiger partial charge in [-0.05, 0) is 24.3 Å². The molecule has 3 N–H and O–H groups in total. The van der Waals surface area contributed by atoms with Crippen LogP contribution in [0.3, 0.4) is 0 Å². The van der Waals surface area contributed by atoms with Crippen LogP contribution in [-0.4, -0.2) is 18.2 Å². The van der Waals surface area contributed by atoms with Crippen LogP contribution in [0.1, 0.15) is 5.56 Å². The first kappa shape index (κ1) is 12.8. The molecule has 2 rings (SSSR count). The van der Waals surface area contributed by atoms with E-state index >= 15 is 0 Å². The number of nitrogens with zero attached hydrogens (tertiary/aromatic N) is 1. The normalized spacial score (nSPS) is 11.1. The molecule has 5 nitrogen and oxygen atoms in total. The summed E-state index contributed by atoms with van der Waals surface area (Å²) < 4.78 is 10.8. The fourth-order valence-corrected chi connectivity index (χ4v) is 1.61. The molecule has 0 unspecified atom stereocenters. The molecule has 0 heterocycles. The van der Waals surface area contributed by atoms with E-state index in [2.05, 4.69) is 5.16 Å². The molecule has 0 saturated heterocycles. The van der Waals surface area contributed by atoms with Gasteiger partial charge in [0, 0.05) is 6.07 Å². The number of para-hydroxylation sites is 1. The molecular formula is C14H14N2O3. The average Bonchev–Trinajstić information content (AvgIpc) is 2.47. The van der Waals surface area contributed by atoms with Crippen molar-refractivity contribution < 1.29 is 14.7 Å². The second-order valence-electron chi connectivity index (χ2n) is 3.76. The smallest absolute Gasteiger partial charge is 0.173 e. The molecule has 0 amide bonds. The van der Waals surface area contributed by atoms with Gasteiger partial charge < -0.3 is 20.4 Å². The van der Waals surface area contributed by atoms with Gasteiger partial charge in [0.05, 0.1) is 12.7 Å². The minimum atomic E-state index is -0.00139. The largest absolute Gasteiger partial charge is 0.497 e. The summed E-state index contributed by atoms with van der Waals surface area (Å²) in [5.74, 6) is 1.81. The van der Waals surface area contributed by atoms with E-state index in [0.717, 1.165) is 0 Å². The van der Waals surface area contributed by atoms with E-state index in [1.807, 2.05) is 18.2 Å². The molecule has 0 spiro atoms. The molecule has 0 saturated carbocycles. The van der Waals surface area contributed by atoms with Crippen LogP contribution in [0.4, 0.5) is 0 Å². The molecule has 0 aliphatic carbocycles. The Bertz CT molecular complexity index is 597. The zero-order chi connectivity index (χ0) is 13.7. The standard InChI is InChI=1S/C14H14N2O3/c1-18-10-5-4-6-11(9-10)19-13-8-3-2-7-12(13)14(15)16-17/h2-9,17H,1H3,(H2,15,16). The highest BCUT2D eigenvalue weighted by Gasteiger charge is 2.08.